The summed E-state index contributed by atoms with van der Waals surface area (Å²) in [6, 6.07) is 15.5. The first-order valence-electron chi connectivity index (χ1n) is 9.74. The van der Waals surface area contributed by atoms with Crippen molar-refractivity contribution in [2.75, 3.05) is 17.7 Å². The molecule has 0 aliphatic carbocycles. The molecule has 0 bridgehead atoms. The molecule has 0 atom stereocenters. The molecule has 3 N–H and O–H groups in total. The highest BCUT2D eigenvalue weighted by Gasteiger charge is 2.10. The predicted molar refractivity (Wildman–Crippen MR) is 114 cm³/mol. The third-order valence-electron chi connectivity index (χ3n) is 4.36. The van der Waals surface area contributed by atoms with Crippen LogP contribution in [0.3, 0.4) is 0 Å². The van der Waals surface area contributed by atoms with Crippen molar-refractivity contribution in [2.24, 2.45) is 0 Å². The van der Waals surface area contributed by atoms with Crippen LogP contribution in [0, 0.1) is 6.92 Å². The Morgan fingerprint density at radius 1 is 1.07 bits per heavy atom. The SMILES string of the molecule is CCc1ccccc1Nc1nc(N)nc(COC(=O)CCOc2ccccc2C)n1. The average Bonchev–Trinajstić information content (AvgIpc) is 2.74. The number of carbonyl (C=O) groups excluding carboxylic acids is 1. The lowest BCUT2D eigenvalue weighted by molar-refractivity contribution is -0.145. The Hall–Kier alpha value is -3.68. The van der Waals surface area contributed by atoms with E-state index in [0.29, 0.717) is 5.95 Å². The number of benzene rings is 2. The number of nitrogens with zero attached hydrogens (tertiary/aromatic N) is 3. The predicted octanol–water partition coefficient (Wildman–Crippen LogP) is 3.58. The first-order chi connectivity index (χ1) is 14.5. The molecular formula is C22H25N5O3. The first-order valence-corrected chi connectivity index (χ1v) is 9.74. The number of rotatable bonds is 9. The number of esters is 1. The summed E-state index contributed by atoms with van der Waals surface area (Å²) in [6.45, 7) is 4.14. The second-order valence-electron chi connectivity index (χ2n) is 6.59. The van der Waals surface area contributed by atoms with Crippen LogP contribution in [-0.4, -0.2) is 27.5 Å². The molecule has 1 aromatic heterocycles. The summed E-state index contributed by atoms with van der Waals surface area (Å²) < 4.78 is 10.9. The molecule has 1 heterocycles. The zero-order valence-corrected chi connectivity index (χ0v) is 17.1. The van der Waals surface area contributed by atoms with E-state index >= 15 is 0 Å². The van der Waals surface area contributed by atoms with Gasteiger partial charge in [0.2, 0.25) is 11.9 Å². The minimum Gasteiger partial charge on any atom is -0.493 e. The van der Waals surface area contributed by atoms with E-state index in [1.165, 1.54) is 0 Å². The van der Waals surface area contributed by atoms with Crippen LogP contribution in [0.1, 0.15) is 30.3 Å². The summed E-state index contributed by atoms with van der Waals surface area (Å²) in [5.41, 5.74) is 8.81. The van der Waals surface area contributed by atoms with Crippen LogP contribution in [0.25, 0.3) is 0 Å². The van der Waals surface area contributed by atoms with Crippen molar-refractivity contribution in [3.8, 4) is 5.75 Å². The standard InChI is InChI=1S/C22H25N5O3/c1-3-16-9-5-6-10-17(16)24-22-26-19(25-21(23)27-22)14-30-20(28)12-13-29-18-11-7-4-8-15(18)2/h4-11H,3,12-14H2,1-2H3,(H3,23,24,25,26,27). The zero-order chi connectivity index (χ0) is 21.3. The fraction of sp³-hybridized carbons (Fsp3) is 0.273. The smallest absolute Gasteiger partial charge is 0.309 e. The van der Waals surface area contributed by atoms with Gasteiger partial charge in [-0.3, -0.25) is 4.79 Å². The molecule has 2 aromatic carbocycles. The van der Waals surface area contributed by atoms with Gasteiger partial charge >= 0.3 is 5.97 Å². The van der Waals surface area contributed by atoms with Crippen LogP contribution >= 0.6 is 0 Å². The Kier molecular flexibility index (Phi) is 7.15. The van der Waals surface area contributed by atoms with Crippen molar-refractivity contribution >= 4 is 23.6 Å². The molecule has 0 radical (unpaired) electrons. The molecule has 0 unspecified atom stereocenters. The topological polar surface area (TPSA) is 112 Å². The van der Waals surface area contributed by atoms with Crippen molar-refractivity contribution in [1.29, 1.82) is 0 Å². The maximum atomic E-state index is 12.0. The van der Waals surface area contributed by atoms with Crippen molar-refractivity contribution in [2.45, 2.75) is 33.3 Å². The van der Waals surface area contributed by atoms with E-state index in [9.17, 15) is 4.79 Å². The van der Waals surface area contributed by atoms with E-state index < -0.39 is 5.97 Å². The second kappa shape index (κ2) is 10.2. The molecule has 0 fully saturated rings. The van der Waals surface area contributed by atoms with Gasteiger partial charge in [0.25, 0.3) is 0 Å². The van der Waals surface area contributed by atoms with Crippen LogP contribution < -0.4 is 15.8 Å². The number of aryl methyl sites for hydroxylation is 2. The maximum Gasteiger partial charge on any atom is 0.309 e. The highest BCUT2D eigenvalue weighted by Crippen LogP contribution is 2.19. The Labute approximate surface area is 175 Å². The van der Waals surface area contributed by atoms with Gasteiger partial charge in [0, 0.05) is 5.69 Å². The summed E-state index contributed by atoms with van der Waals surface area (Å²) in [5, 5.41) is 3.15. The summed E-state index contributed by atoms with van der Waals surface area (Å²) in [6.07, 6.45) is 0.975. The second-order valence-corrected chi connectivity index (χ2v) is 6.59. The van der Waals surface area contributed by atoms with E-state index in [-0.39, 0.29) is 31.4 Å². The molecule has 3 aromatic rings. The van der Waals surface area contributed by atoms with E-state index in [2.05, 4.69) is 27.2 Å². The molecule has 0 aliphatic heterocycles. The van der Waals surface area contributed by atoms with Gasteiger partial charge in [-0.2, -0.15) is 15.0 Å². The lowest BCUT2D eigenvalue weighted by Crippen LogP contribution is -2.13. The Balaban J connectivity index is 1.54. The summed E-state index contributed by atoms with van der Waals surface area (Å²) in [4.78, 5) is 24.5. The molecule has 0 spiro atoms. The fourth-order valence-electron chi connectivity index (χ4n) is 2.81. The highest BCUT2D eigenvalue weighted by molar-refractivity contribution is 5.69. The van der Waals surface area contributed by atoms with Crippen LogP contribution in [0.15, 0.2) is 48.5 Å². The molecule has 0 amide bonds. The number of hydrogen-bond acceptors (Lipinski definition) is 8. The third kappa shape index (κ3) is 5.91. The Morgan fingerprint density at radius 3 is 2.63 bits per heavy atom. The number of nitrogens with one attached hydrogen (secondary N) is 1. The summed E-state index contributed by atoms with van der Waals surface area (Å²) in [5.74, 6) is 0.965. The van der Waals surface area contributed by atoms with Crippen LogP contribution in [0.5, 0.6) is 5.75 Å². The Bertz CT molecular complexity index is 1010. The van der Waals surface area contributed by atoms with Crippen LogP contribution in [-0.2, 0) is 22.6 Å². The number of ether oxygens (including phenoxy) is 2. The molecule has 8 nitrogen and oxygen atoms in total. The van der Waals surface area contributed by atoms with E-state index in [1.807, 2.05) is 55.5 Å². The minimum atomic E-state index is -0.409. The van der Waals surface area contributed by atoms with E-state index in [4.69, 9.17) is 15.2 Å². The third-order valence-corrected chi connectivity index (χ3v) is 4.36. The normalized spacial score (nSPS) is 10.5. The first kappa shape index (κ1) is 21.0. The number of anilines is 3. The van der Waals surface area contributed by atoms with Crippen molar-refractivity contribution < 1.29 is 14.3 Å². The van der Waals surface area contributed by atoms with E-state index in [1.54, 1.807) is 0 Å². The molecular weight excluding hydrogens is 382 g/mol. The quantitative estimate of drug-likeness (QED) is 0.518. The fourth-order valence-corrected chi connectivity index (χ4v) is 2.81. The van der Waals surface area contributed by atoms with Gasteiger partial charge in [0.1, 0.15) is 5.75 Å². The molecule has 8 heteroatoms. The van der Waals surface area contributed by atoms with Crippen molar-refractivity contribution in [3.63, 3.8) is 0 Å². The number of para-hydroxylation sites is 2. The molecule has 3 rings (SSSR count). The van der Waals surface area contributed by atoms with Gasteiger partial charge in [-0.05, 0) is 36.6 Å². The highest BCUT2D eigenvalue weighted by atomic mass is 16.5. The van der Waals surface area contributed by atoms with Gasteiger partial charge in [-0.1, -0.05) is 43.3 Å². The monoisotopic (exact) mass is 407 g/mol. The average molecular weight is 407 g/mol. The van der Waals surface area contributed by atoms with Gasteiger partial charge in [0.15, 0.2) is 12.4 Å². The molecule has 156 valence electrons. The minimum absolute atomic E-state index is 0.0513. The van der Waals surface area contributed by atoms with Crippen molar-refractivity contribution in [3.05, 3.63) is 65.5 Å². The molecule has 0 saturated carbocycles. The maximum absolute atomic E-state index is 12.0. The lowest BCUT2D eigenvalue weighted by Gasteiger charge is -2.11. The summed E-state index contributed by atoms with van der Waals surface area (Å²) >= 11 is 0. The van der Waals surface area contributed by atoms with Crippen molar-refractivity contribution in [1.82, 2.24) is 15.0 Å². The number of nitrogen functional groups attached to an aromatic ring is 1. The van der Waals surface area contributed by atoms with Gasteiger partial charge in [-0.15, -0.1) is 0 Å². The van der Waals surface area contributed by atoms with Gasteiger partial charge in [0.05, 0.1) is 13.0 Å². The Morgan fingerprint density at radius 2 is 1.83 bits per heavy atom. The van der Waals surface area contributed by atoms with Crippen LogP contribution in [0.4, 0.5) is 17.6 Å². The van der Waals surface area contributed by atoms with Gasteiger partial charge in [-0.25, -0.2) is 0 Å². The van der Waals surface area contributed by atoms with E-state index in [0.717, 1.165) is 29.0 Å². The molecule has 30 heavy (non-hydrogen) atoms. The summed E-state index contributed by atoms with van der Waals surface area (Å²) in [7, 11) is 0. The zero-order valence-electron chi connectivity index (χ0n) is 17.1. The molecule has 0 aliphatic rings. The number of aromatic nitrogens is 3. The largest absolute Gasteiger partial charge is 0.493 e. The lowest BCUT2D eigenvalue weighted by atomic mass is 10.1. The number of hydrogen-bond donors (Lipinski definition) is 2. The van der Waals surface area contributed by atoms with Gasteiger partial charge < -0.3 is 20.5 Å². The van der Waals surface area contributed by atoms with Crippen LogP contribution in [0.2, 0.25) is 0 Å². The number of carbonyl (C=O) groups is 1. The molecule has 0 saturated heterocycles. The number of nitrogens with two attached hydrogens (primary N) is 1.